The second-order valence-electron chi connectivity index (χ2n) is 4.48. The van der Waals surface area contributed by atoms with Crippen molar-refractivity contribution >= 4 is 28.4 Å². The lowest BCUT2D eigenvalue weighted by atomic mass is 10.2. The summed E-state index contributed by atoms with van der Waals surface area (Å²) in [6.07, 6.45) is 3.95. The Bertz CT molecular complexity index is 815. The molecule has 4 heteroatoms. The Morgan fingerprint density at radius 1 is 0.952 bits per heavy atom. The maximum Gasteiger partial charge on any atom is 0.246 e. The first-order valence-electron chi connectivity index (χ1n) is 6.60. The molecule has 3 nitrogen and oxygen atoms in total. The van der Waals surface area contributed by atoms with Crippen LogP contribution in [0.4, 0.5) is 0 Å². The van der Waals surface area contributed by atoms with Gasteiger partial charge in [-0.15, -0.1) is 10.2 Å². The summed E-state index contributed by atoms with van der Waals surface area (Å²) < 4.78 is 5.95. The highest BCUT2D eigenvalue weighted by atomic mass is 35.5. The van der Waals surface area contributed by atoms with Crippen molar-refractivity contribution in [2.45, 2.75) is 6.92 Å². The summed E-state index contributed by atoms with van der Waals surface area (Å²) in [4.78, 5) is 0. The quantitative estimate of drug-likeness (QED) is 0.674. The molecule has 1 aromatic heterocycles. The summed E-state index contributed by atoms with van der Waals surface area (Å²) in [6, 6.07) is 15.4. The van der Waals surface area contributed by atoms with E-state index in [1.807, 2.05) is 67.6 Å². The van der Waals surface area contributed by atoms with Crippen LogP contribution in [0.1, 0.15) is 12.5 Å². The zero-order valence-corrected chi connectivity index (χ0v) is 12.2. The fourth-order valence-electron chi connectivity index (χ4n) is 2.12. The van der Waals surface area contributed by atoms with Gasteiger partial charge in [0.15, 0.2) is 5.15 Å². The second kappa shape index (κ2) is 5.94. The Morgan fingerprint density at radius 2 is 1.67 bits per heavy atom. The van der Waals surface area contributed by atoms with Crippen molar-refractivity contribution < 1.29 is 4.74 Å². The minimum Gasteiger partial charge on any atom is -0.436 e. The molecule has 0 aliphatic rings. The number of hydrogen-bond acceptors (Lipinski definition) is 3. The van der Waals surface area contributed by atoms with Gasteiger partial charge in [0, 0.05) is 16.3 Å². The van der Waals surface area contributed by atoms with Gasteiger partial charge in [0.25, 0.3) is 0 Å². The van der Waals surface area contributed by atoms with Crippen molar-refractivity contribution in [2.75, 3.05) is 0 Å². The average Bonchev–Trinajstić information content (AvgIpc) is 2.52. The Labute approximate surface area is 127 Å². The van der Waals surface area contributed by atoms with E-state index in [0.29, 0.717) is 11.0 Å². The van der Waals surface area contributed by atoms with Crippen LogP contribution in [0.2, 0.25) is 5.15 Å². The van der Waals surface area contributed by atoms with Gasteiger partial charge in [0.2, 0.25) is 5.88 Å². The highest BCUT2D eigenvalue weighted by Crippen LogP contribution is 2.32. The molecule has 0 spiro atoms. The first-order chi connectivity index (χ1) is 10.3. The van der Waals surface area contributed by atoms with Crippen LogP contribution in [-0.4, -0.2) is 10.2 Å². The fraction of sp³-hybridized carbons (Fsp3) is 0.0588. The van der Waals surface area contributed by atoms with Gasteiger partial charge < -0.3 is 4.74 Å². The van der Waals surface area contributed by atoms with Crippen molar-refractivity contribution in [3.63, 3.8) is 0 Å². The highest BCUT2D eigenvalue weighted by molar-refractivity contribution is 6.34. The van der Waals surface area contributed by atoms with Gasteiger partial charge in [-0.1, -0.05) is 60.2 Å². The number of aromatic nitrogens is 2. The van der Waals surface area contributed by atoms with Gasteiger partial charge in [-0.3, -0.25) is 0 Å². The van der Waals surface area contributed by atoms with E-state index >= 15 is 0 Å². The molecule has 0 amide bonds. The standard InChI is InChI=1S/C17H13ClN2O/c1-2-7-12-8-3-6-11-15(12)21-17-14-10-5-4-9-13(14)16(18)19-20-17/h2-11H,1H3. The third kappa shape index (κ3) is 2.73. The molecule has 0 unspecified atom stereocenters. The van der Waals surface area contributed by atoms with Crippen LogP contribution in [0.15, 0.2) is 54.6 Å². The Morgan fingerprint density at radius 3 is 2.48 bits per heavy atom. The van der Waals surface area contributed by atoms with Crippen LogP contribution in [0.3, 0.4) is 0 Å². The summed E-state index contributed by atoms with van der Waals surface area (Å²) in [5, 5.41) is 10.1. The number of fused-ring (bicyclic) bond motifs is 1. The van der Waals surface area contributed by atoms with Crippen molar-refractivity contribution in [1.29, 1.82) is 0 Å². The Kier molecular flexibility index (Phi) is 3.84. The maximum absolute atomic E-state index is 6.07. The van der Waals surface area contributed by atoms with E-state index in [1.165, 1.54) is 0 Å². The molecule has 0 fully saturated rings. The minimum absolute atomic E-state index is 0.375. The number of allylic oxidation sites excluding steroid dienone is 1. The molecular weight excluding hydrogens is 284 g/mol. The molecule has 0 atom stereocenters. The van der Waals surface area contributed by atoms with Gasteiger partial charge in [0.1, 0.15) is 5.75 Å². The Hall–Kier alpha value is -2.39. The summed E-state index contributed by atoms with van der Waals surface area (Å²) in [7, 11) is 0. The number of benzene rings is 2. The normalized spacial score (nSPS) is 11.1. The van der Waals surface area contributed by atoms with Crippen LogP contribution < -0.4 is 4.74 Å². The summed E-state index contributed by atoms with van der Waals surface area (Å²) in [5.74, 6) is 1.18. The lowest BCUT2D eigenvalue weighted by Gasteiger charge is -2.10. The predicted octanol–water partition coefficient (Wildman–Crippen LogP) is 5.11. The monoisotopic (exact) mass is 296 g/mol. The van der Waals surface area contributed by atoms with E-state index in [9.17, 15) is 0 Å². The van der Waals surface area contributed by atoms with Crippen LogP contribution >= 0.6 is 11.6 Å². The van der Waals surface area contributed by atoms with Gasteiger partial charge in [0.05, 0.1) is 0 Å². The molecule has 0 saturated carbocycles. The van der Waals surface area contributed by atoms with E-state index in [0.717, 1.165) is 22.1 Å². The number of ether oxygens (including phenoxy) is 1. The van der Waals surface area contributed by atoms with Crippen LogP contribution in [-0.2, 0) is 0 Å². The van der Waals surface area contributed by atoms with Gasteiger partial charge in [-0.05, 0) is 19.1 Å². The first-order valence-corrected chi connectivity index (χ1v) is 6.98. The molecule has 2 aromatic carbocycles. The number of halogens is 1. The molecule has 1 heterocycles. The topological polar surface area (TPSA) is 35.0 Å². The van der Waals surface area contributed by atoms with E-state index in [1.54, 1.807) is 0 Å². The molecule has 0 saturated heterocycles. The van der Waals surface area contributed by atoms with Gasteiger partial charge >= 0.3 is 0 Å². The molecular formula is C17H13ClN2O. The van der Waals surface area contributed by atoms with Gasteiger partial charge in [-0.2, -0.15) is 0 Å². The van der Waals surface area contributed by atoms with Crippen molar-refractivity contribution in [3.8, 4) is 11.6 Å². The van der Waals surface area contributed by atoms with E-state index in [2.05, 4.69) is 10.2 Å². The molecule has 104 valence electrons. The highest BCUT2D eigenvalue weighted by Gasteiger charge is 2.10. The van der Waals surface area contributed by atoms with E-state index in [-0.39, 0.29) is 0 Å². The third-order valence-corrected chi connectivity index (χ3v) is 3.36. The third-order valence-electron chi connectivity index (χ3n) is 3.08. The molecule has 0 aliphatic heterocycles. The van der Waals surface area contributed by atoms with Gasteiger partial charge in [-0.25, -0.2) is 0 Å². The van der Waals surface area contributed by atoms with Crippen LogP contribution in [0, 0.1) is 0 Å². The van der Waals surface area contributed by atoms with E-state index < -0.39 is 0 Å². The molecule has 0 bridgehead atoms. The van der Waals surface area contributed by atoms with Crippen molar-refractivity contribution in [1.82, 2.24) is 10.2 Å². The molecule has 3 rings (SSSR count). The Balaban J connectivity index is 2.09. The van der Waals surface area contributed by atoms with Crippen LogP contribution in [0.5, 0.6) is 11.6 Å². The lowest BCUT2D eigenvalue weighted by molar-refractivity contribution is 0.461. The lowest BCUT2D eigenvalue weighted by Crippen LogP contribution is -1.94. The largest absolute Gasteiger partial charge is 0.436 e. The molecule has 0 N–H and O–H groups in total. The summed E-state index contributed by atoms with van der Waals surface area (Å²) in [5.41, 5.74) is 0.987. The SMILES string of the molecule is CC=Cc1ccccc1Oc1nnc(Cl)c2ccccc12. The van der Waals surface area contributed by atoms with Crippen molar-refractivity contribution in [3.05, 3.63) is 65.3 Å². The van der Waals surface area contributed by atoms with Crippen LogP contribution in [0.25, 0.3) is 16.8 Å². The second-order valence-corrected chi connectivity index (χ2v) is 4.84. The van der Waals surface area contributed by atoms with E-state index in [4.69, 9.17) is 16.3 Å². The average molecular weight is 297 g/mol. The number of hydrogen-bond donors (Lipinski definition) is 0. The van der Waals surface area contributed by atoms with Crippen molar-refractivity contribution in [2.24, 2.45) is 0 Å². The zero-order chi connectivity index (χ0) is 14.7. The number of rotatable bonds is 3. The number of nitrogens with zero attached hydrogens (tertiary/aromatic N) is 2. The zero-order valence-electron chi connectivity index (χ0n) is 11.5. The fourth-order valence-corrected chi connectivity index (χ4v) is 2.32. The molecule has 21 heavy (non-hydrogen) atoms. The molecule has 3 aromatic rings. The molecule has 0 radical (unpaired) electrons. The summed E-state index contributed by atoms with van der Waals surface area (Å²) >= 11 is 6.07. The minimum atomic E-state index is 0.375. The summed E-state index contributed by atoms with van der Waals surface area (Å²) in [6.45, 7) is 1.97. The smallest absolute Gasteiger partial charge is 0.246 e. The maximum atomic E-state index is 6.07. The molecule has 0 aliphatic carbocycles. The first kappa shape index (κ1) is 13.6. The number of para-hydroxylation sites is 1. The predicted molar refractivity (Wildman–Crippen MR) is 85.8 cm³/mol.